The lowest BCUT2D eigenvalue weighted by atomic mass is 9.94. The maximum absolute atomic E-state index is 12.9. The van der Waals surface area contributed by atoms with Gasteiger partial charge in [0.25, 0.3) is 0 Å². The van der Waals surface area contributed by atoms with Gasteiger partial charge >= 0.3 is 5.97 Å². The number of esters is 1. The van der Waals surface area contributed by atoms with E-state index in [1.807, 2.05) is 19.1 Å². The number of ether oxygens (including phenoxy) is 3. The molecule has 0 bridgehead atoms. The molecule has 0 fully saturated rings. The van der Waals surface area contributed by atoms with Gasteiger partial charge in [-0.05, 0) is 50.0 Å². The van der Waals surface area contributed by atoms with Crippen LogP contribution in [0.25, 0.3) is 0 Å². The molecule has 28 heavy (non-hydrogen) atoms. The van der Waals surface area contributed by atoms with Gasteiger partial charge < -0.3 is 19.3 Å². The average molecular weight is 386 g/mol. The molecule has 0 aromatic heterocycles. The predicted octanol–water partition coefficient (Wildman–Crippen LogP) is 2.66. The second kappa shape index (κ2) is 9.17. The van der Waals surface area contributed by atoms with Crippen molar-refractivity contribution in [3.05, 3.63) is 52.8 Å². The zero-order chi connectivity index (χ0) is 20.1. The first kappa shape index (κ1) is 20.3. The van der Waals surface area contributed by atoms with Crippen LogP contribution in [0.5, 0.6) is 5.75 Å². The number of hydrogen-bond acceptors (Lipinski definition) is 6. The molecule has 0 radical (unpaired) electrons. The van der Waals surface area contributed by atoms with Crippen LogP contribution >= 0.6 is 0 Å². The van der Waals surface area contributed by atoms with Crippen molar-refractivity contribution in [2.45, 2.75) is 39.2 Å². The first-order valence-electron chi connectivity index (χ1n) is 9.61. The molecule has 1 N–H and O–H groups in total. The molecule has 1 aromatic rings. The molecular formula is C22H26O6. The summed E-state index contributed by atoms with van der Waals surface area (Å²) in [6.45, 7) is 4.30. The number of hydrogen-bond donors (Lipinski definition) is 1. The highest BCUT2D eigenvalue weighted by Gasteiger charge is 2.32. The monoisotopic (exact) mass is 386 g/mol. The molecule has 1 aliphatic heterocycles. The maximum Gasteiger partial charge on any atom is 0.309 e. The highest BCUT2D eigenvalue weighted by Crippen LogP contribution is 2.33. The third-order valence-corrected chi connectivity index (χ3v) is 4.93. The molecule has 1 aromatic carbocycles. The molecule has 0 saturated heterocycles. The fourth-order valence-electron chi connectivity index (χ4n) is 3.26. The van der Waals surface area contributed by atoms with Crippen LogP contribution in [-0.4, -0.2) is 42.8 Å². The smallest absolute Gasteiger partial charge is 0.309 e. The van der Waals surface area contributed by atoms with E-state index in [0.29, 0.717) is 37.2 Å². The van der Waals surface area contributed by atoms with E-state index in [9.17, 15) is 9.59 Å². The van der Waals surface area contributed by atoms with Crippen molar-refractivity contribution in [1.29, 1.82) is 0 Å². The molecular weight excluding hydrogens is 360 g/mol. The minimum Gasteiger partial charge on any atom is -0.457 e. The zero-order valence-electron chi connectivity index (χ0n) is 16.3. The van der Waals surface area contributed by atoms with Crippen molar-refractivity contribution in [2.24, 2.45) is 5.92 Å². The summed E-state index contributed by atoms with van der Waals surface area (Å²) < 4.78 is 16.6. The molecule has 0 spiro atoms. The Morgan fingerprint density at radius 2 is 2.14 bits per heavy atom. The lowest BCUT2D eigenvalue weighted by molar-refractivity contribution is -0.155. The Kier molecular flexibility index (Phi) is 6.65. The largest absolute Gasteiger partial charge is 0.457 e. The topological polar surface area (TPSA) is 82.1 Å². The lowest BCUT2D eigenvalue weighted by Crippen LogP contribution is -2.32. The Hall–Kier alpha value is -2.44. The number of allylic oxidation sites excluding steroid dienone is 1. The SMILES string of the molecule is Cc1ccc2c(c1)CCC1=C(C=CC(OC(=O)C(C)CCOCCO)C1=O)O2. The standard InChI is InChI=1S/C22H26O6/c1-14-3-6-18-16(13-14)4-5-17-19(27-18)7-8-20(21(17)24)28-22(25)15(2)9-11-26-12-10-23/h3,6-8,13,15,20,23H,4-5,9-12H2,1-2H3. The van der Waals surface area contributed by atoms with E-state index < -0.39 is 18.0 Å². The van der Waals surface area contributed by atoms with Crippen LogP contribution in [0.15, 0.2) is 41.7 Å². The van der Waals surface area contributed by atoms with Gasteiger partial charge in [0.1, 0.15) is 11.5 Å². The number of carbonyl (C=O) groups excluding carboxylic acids is 2. The number of benzene rings is 1. The van der Waals surface area contributed by atoms with Crippen molar-refractivity contribution >= 4 is 11.8 Å². The third-order valence-electron chi connectivity index (χ3n) is 4.93. The van der Waals surface area contributed by atoms with E-state index in [4.69, 9.17) is 19.3 Å². The second-order valence-electron chi connectivity index (χ2n) is 7.16. The summed E-state index contributed by atoms with van der Waals surface area (Å²) in [5.41, 5.74) is 2.78. The normalized spacial score (nSPS) is 19.4. The zero-order valence-corrected chi connectivity index (χ0v) is 16.3. The molecule has 0 saturated carbocycles. The molecule has 6 nitrogen and oxygen atoms in total. The fourth-order valence-corrected chi connectivity index (χ4v) is 3.26. The number of Topliss-reactive ketones (excluding diaryl/α,β-unsaturated/α-hetero) is 1. The molecule has 6 heteroatoms. The Balaban J connectivity index is 1.61. The van der Waals surface area contributed by atoms with E-state index >= 15 is 0 Å². The molecule has 1 aliphatic carbocycles. The predicted molar refractivity (Wildman–Crippen MR) is 103 cm³/mol. The van der Waals surface area contributed by atoms with Crippen molar-refractivity contribution in [3.63, 3.8) is 0 Å². The molecule has 3 rings (SSSR count). The summed E-state index contributed by atoms with van der Waals surface area (Å²) in [4.78, 5) is 25.2. The van der Waals surface area contributed by atoms with E-state index in [2.05, 4.69) is 6.07 Å². The number of aliphatic hydroxyl groups excluding tert-OH is 1. The highest BCUT2D eigenvalue weighted by molar-refractivity contribution is 6.03. The molecule has 1 heterocycles. The van der Waals surface area contributed by atoms with Crippen molar-refractivity contribution in [3.8, 4) is 5.75 Å². The van der Waals surface area contributed by atoms with Gasteiger partial charge in [-0.15, -0.1) is 0 Å². The summed E-state index contributed by atoms with van der Waals surface area (Å²) >= 11 is 0. The number of fused-ring (bicyclic) bond motifs is 1. The summed E-state index contributed by atoms with van der Waals surface area (Å²) in [5, 5.41) is 8.70. The summed E-state index contributed by atoms with van der Waals surface area (Å²) in [5.74, 6) is 0.241. The molecule has 150 valence electrons. The lowest BCUT2D eigenvalue weighted by Gasteiger charge is -2.21. The van der Waals surface area contributed by atoms with E-state index in [1.165, 1.54) is 0 Å². The Labute approximate surface area is 164 Å². The Bertz CT molecular complexity index is 807. The van der Waals surface area contributed by atoms with Gasteiger partial charge in [0.15, 0.2) is 6.10 Å². The van der Waals surface area contributed by atoms with Gasteiger partial charge in [-0.3, -0.25) is 9.59 Å². The number of aliphatic hydroxyl groups is 1. The number of ketones is 1. The maximum atomic E-state index is 12.9. The number of aryl methyl sites for hydroxylation is 2. The van der Waals surface area contributed by atoms with Gasteiger partial charge in [-0.25, -0.2) is 0 Å². The van der Waals surface area contributed by atoms with Crippen LogP contribution in [0.3, 0.4) is 0 Å². The van der Waals surface area contributed by atoms with Crippen LogP contribution < -0.4 is 4.74 Å². The number of rotatable bonds is 7. The van der Waals surface area contributed by atoms with E-state index in [0.717, 1.165) is 16.9 Å². The molecule has 2 aliphatic rings. The second-order valence-corrected chi connectivity index (χ2v) is 7.16. The summed E-state index contributed by atoms with van der Waals surface area (Å²) in [7, 11) is 0. The van der Waals surface area contributed by atoms with Gasteiger partial charge in [-0.1, -0.05) is 24.6 Å². The van der Waals surface area contributed by atoms with Crippen LogP contribution in [0, 0.1) is 12.8 Å². The van der Waals surface area contributed by atoms with Gasteiger partial charge in [0.05, 0.1) is 19.1 Å². The van der Waals surface area contributed by atoms with Crippen LogP contribution in [0.1, 0.15) is 30.9 Å². The fraction of sp³-hybridized carbons (Fsp3) is 0.455. The van der Waals surface area contributed by atoms with Crippen LogP contribution in [0.4, 0.5) is 0 Å². The van der Waals surface area contributed by atoms with Crippen LogP contribution in [-0.2, 0) is 25.5 Å². The van der Waals surface area contributed by atoms with Gasteiger partial charge in [0, 0.05) is 12.2 Å². The van der Waals surface area contributed by atoms with Crippen molar-refractivity contribution in [1.82, 2.24) is 0 Å². The summed E-state index contributed by atoms with van der Waals surface area (Å²) in [6.07, 6.45) is 4.10. The number of carbonyl (C=O) groups is 2. The Morgan fingerprint density at radius 1 is 1.32 bits per heavy atom. The van der Waals surface area contributed by atoms with Gasteiger partial charge in [-0.2, -0.15) is 0 Å². The molecule has 2 unspecified atom stereocenters. The average Bonchev–Trinajstić information content (AvgIpc) is 2.86. The molecule has 2 atom stereocenters. The van der Waals surface area contributed by atoms with E-state index in [1.54, 1.807) is 19.1 Å². The molecule has 0 amide bonds. The van der Waals surface area contributed by atoms with Crippen LogP contribution in [0.2, 0.25) is 0 Å². The van der Waals surface area contributed by atoms with Crippen molar-refractivity contribution < 1.29 is 28.9 Å². The minimum absolute atomic E-state index is 0.0524. The van der Waals surface area contributed by atoms with Gasteiger partial charge in [0.2, 0.25) is 5.78 Å². The highest BCUT2D eigenvalue weighted by atomic mass is 16.5. The quantitative estimate of drug-likeness (QED) is 0.573. The Morgan fingerprint density at radius 3 is 2.93 bits per heavy atom. The first-order valence-corrected chi connectivity index (χ1v) is 9.61. The van der Waals surface area contributed by atoms with Crippen molar-refractivity contribution in [2.75, 3.05) is 19.8 Å². The van der Waals surface area contributed by atoms with E-state index in [-0.39, 0.29) is 19.0 Å². The summed E-state index contributed by atoms with van der Waals surface area (Å²) in [6, 6.07) is 5.97. The third kappa shape index (κ3) is 4.69. The first-order chi connectivity index (χ1) is 13.5. The minimum atomic E-state index is -0.918.